The van der Waals surface area contributed by atoms with E-state index in [1.54, 1.807) is 16.1 Å². The molecule has 2 rings (SSSR count). The topological polar surface area (TPSA) is 84.2 Å². The molecule has 0 aromatic carbocycles. The van der Waals surface area contributed by atoms with Crippen LogP contribution in [0.4, 0.5) is 5.69 Å². The summed E-state index contributed by atoms with van der Waals surface area (Å²) in [5.41, 5.74) is 2.26. The van der Waals surface area contributed by atoms with Crippen molar-refractivity contribution in [3.8, 4) is 0 Å². The molecule has 6 nitrogen and oxygen atoms in total. The summed E-state index contributed by atoms with van der Waals surface area (Å²) >= 11 is 1.09. The van der Waals surface area contributed by atoms with E-state index in [1.165, 1.54) is 0 Å². The number of carbonyl (C=O) groups excluding carboxylic acids is 1. The number of aromatic nitrogens is 2. The fourth-order valence-corrected chi connectivity index (χ4v) is 2.58. The summed E-state index contributed by atoms with van der Waals surface area (Å²) in [5.74, 6) is -1.26. The van der Waals surface area contributed by atoms with Crippen LogP contribution in [0.25, 0.3) is 0 Å². The third-order valence-electron chi connectivity index (χ3n) is 2.79. The van der Waals surface area contributed by atoms with E-state index in [-0.39, 0.29) is 17.2 Å². The van der Waals surface area contributed by atoms with Crippen molar-refractivity contribution in [1.29, 1.82) is 0 Å². The second-order valence-corrected chi connectivity index (χ2v) is 5.33. The molecule has 0 radical (unpaired) electrons. The third-order valence-corrected chi connectivity index (χ3v) is 3.69. The molecular formula is C13H15N3O3S. The number of carboxylic acid groups (broad SMARTS) is 1. The number of thiophene rings is 1. The number of hydrogen-bond donors (Lipinski definition) is 2. The number of anilines is 1. The first kappa shape index (κ1) is 14.3. The minimum atomic E-state index is -1.03. The average molecular weight is 293 g/mol. The number of amides is 1. The highest BCUT2D eigenvalue weighted by Crippen LogP contribution is 2.22. The first-order chi connectivity index (χ1) is 9.47. The van der Waals surface area contributed by atoms with Gasteiger partial charge < -0.3 is 10.4 Å². The van der Waals surface area contributed by atoms with Gasteiger partial charge in [0.2, 0.25) is 5.91 Å². The van der Waals surface area contributed by atoms with Gasteiger partial charge in [-0.3, -0.25) is 9.48 Å². The fourth-order valence-electron chi connectivity index (χ4n) is 1.89. The Morgan fingerprint density at radius 1 is 1.45 bits per heavy atom. The number of aryl methyl sites for hydroxylation is 3. The smallest absolute Gasteiger partial charge is 0.348 e. The van der Waals surface area contributed by atoms with E-state index in [4.69, 9.17) is 5.11 Å². The Bertz CT molecular complexity index is 645. The molecule has 2 aromatic rings. The average Bonchev–Trinajstić information content (AvgIpc) is 2.93. The molecule has 0 bridgehead atoms. The van der Waals surface area contributed by atoms with Crippen LogP contribution in [0.15, 0.2) is 17.5 Å². The van der Waals surface area contributed by atoms with Crippen LogP contribution in [0, 0.1) is 13.8 Å². The van der Waals surface area contributed by atoms with Gasteiger partial charge in [-0.15, -0.1) is 11.3 Å². The SMILES string of the molecule is Cc1cc(C)n(CCC(=O)Nc2ccsc2C(=O)O)n1. The molecule has 0 spiro atoms. The van der Waals surface area contributed by atoms with Gasteiger partial charge in [0.15, 0.2) is 0 Å². The van der Waals surface area contributed by atoms with Crippen LogP contribution in [0.3, 0.4) is 0 Å². The summed E-state index contributed by atoms with van der Waals surface area (Å²) in [6, 6.07) is 3.54. The van der Waals surface area contributed by atoms with Gasteiger partial charge in [0.25, 0.3) is 0 Å². The van der Waals surface area contributed by atoms with Crippen LogP contribution >= 0.6 is 11.3 Å². The van der Waals surface area contributed by atoms with Gasteiger partial charge in [0, 0.05) is 18.7 Å². The lowest BCUT2D eigenvalue weighted by Gasteiger charge is -2.06. The first-order valence-corrected chi connectivity index (χ1v) is 6.97. The number of carbonyl (C=O) groups is 2. The molecule has 0 saturated carbocycles. The van der Waals surface area contributed by atoms with Crippen molar-refractivity contribution < 1.29 is 14.7 Å². The summed E-state index contributed by atoms with van der Waals surface area (Å²) in [7, 11) is 0. The molecule has 0 saturated heterocycles. The predicted octanol–water partition coefficient (Wildman–Crippen LogP) is 2.29. The minimum Gasteiger partial charge on any atom is -0.477 e. The van der Waals surface area contributed by atoms with Crippen molar-refractivity contribution in [3.63, 3.8) is 0 Å². The Kier molecular flexibility index (Phi) is 4.19. The Morgan fingerprint density at radius 3 is 2.80 bits per heavy atom. The second-order valence-electron chi connectivity index (χ2n) is 4.42. The van der Waals surface area contributed by atoms with Crippen LogP contribution in [0.5, 0.6) is 0 Å². The minimum absolute atomic E-state index is 0.143. The van der Waals surface area contributed by atoms with Gasteiger partial charge in [-0.25, -0.2) is 4.79 Å². The normalized spacial score (nSPS) is 10.5. The number of aromatic carboxylic acids is 1. The molecule has 20 heavy (non-hydrogen) atoms. The van der Waals surface area contributed by atoms with Crippen LogP contribution in [-0.4, -0.2) is 26.8 Å². The lowest BCUT2D eigenvalue weighted by Crippen LogP contribution is -2.16. The summed E-state index contributed by atoms with van der Waals surface area (Å²) in [5, 5.41) is 17.5. The summed E-state index contributed by atoms with van der Waals surface area (Å²) in [6.45, 7) is 4.30. The van der Waals surface area contributed by atoms with Gasteiger partial charge in [0.1, 0.15) is 4.88 Å². The maximum absolute atomic E-state index is 11.8. The molecular weight excluding hydrogens is 278 g/mol. The van der Waals surface area contributed by atoms with Gasteiger partial charge >= 0.3 is 5.97 Å². The Balaban J connectivity index is 1.94. The van der Waals surface area contributed by atoms with E-state index in [2.05, 4.69) is 10.4 Å². The highest BCUT2D eigenvalue weighted by Gasteiger charge is 2.14. The van der Waals surface area contributed by atoms with Gasteiger partial charge in [-0.1, -0.05) is 0 Å². The van der Waals surface area contributed by atoms with Crippen molar-refractivity contribution in [2.75, 3.05) is 5.32 Å². The molecule has 0 aliphatic heterocycles. The fraction of sp³-hybridized carbons (Fsp3) is 0.308. The van der Waals surface area contributed by atoms with Crippen LogP contribution < -0.4 is 5.32 Å². The summed E-state index contributed by atoms with van der Waals surface area (Å²) in [4.78, 5) is 22.9. The number of hydrogen-bond acceptors (Lipinski definition) is 4. The molecule has 2 aromatic heterocycles. The van der Waals surface area contributed by atoms with E-state index in [0.29, 0.717) is 12.2 Å². The summed E-state index contributed by atoms with van der Waals surface area (Å²) in [6.07, 6.45) is 0.247. The van der Waals surface area contributed by atoms with E-state index < -0.39 is 5.97 Å². The highest BCUT2D eigenvalue weighted by molar-refractivity contribution is 7.12. The maximum atomic E-state index is 11.8. The van der Waals surface area contributed by atoms with Crippen molar-refractivity contribution in [2.45, 2.75) is 26.8 Å². The monoisotopic (exact) mass is 293 g/mol. The van der Waals surface area contributed by atoms with E-state index in [1.807, 2.05) is 19.9 Å². The van der Waals surface area contributed by atoms with Crippen molar-refractivity contribution in [1.82, 2.24) is 9.78 Å². The van der Waals surface area contributed by atoms with E-state index in [0.717, 1.165) is 22.7 Å². The van der Waals surface area contributed by atoms with Gasteiger partial charge in [-0.05, 0) is 31.4 Å². The number of nitrogens with zero attached hydrogens (tertiary/aromatic N) is 2. The Hall–Kier alpha value is -2.15. The Labute approximate surface area is 120 Å². The number of carboxylic acids is 1. The molecule has 1 amide bonds. The van der Waals surface area contributed by atoms with E-state index in [9.17, 15) is 9.59 Å². The zero-order valence-corrected chi connectivity index (χ0v) is 12.0. The number of rotatable bonds is 5. The molecule has 7 heteroatoms. The lowest BCUT2D eigenvalue weighted by atomic mass is 10.3. The van der Waals surface area contributed by atoms with Crippen LogP contribution in [0.1, 0.15) is 27.5 Å². The zero-order valence-electron chi connectivity index (χ0n) is 11.2. The van der Waals surface area contributed by atoms with Crippen molar-refractivity contribution in [3.05, 3.63) is 33.8 Å². The quantitative estimate of drug-likeness (QED) is 0.885. The molecule has 2 N–H and O–H groups in total. The Morgan fingerprint density at radius 2 is 2.20 bits per heavy atom. The molecule has 0 aliphatic carbocycles. The highest BCUT2D eigenvalue weighted by atomic mass is 32.1. The van der Waals surface area contributed by atoms with Crippen molar-refractivity contribution >= 4 is 28.9 Å². The van der Waals surface area contributed by atoms with E-state index >= 15 is 0 Å². The lowest BCUT2D eigenvalue weighted by molar-refractivity contribution is -0.116. The number of nitrogens with one attached hydrogen (secondary N) is 1. The van der Waals surface area contributed by atoms with Crippen LogP contribution in [-0.2, 0) is 11.3 Å². The first-order valence-electron chi connectivity index (χ1n) is 6.09. The van der Waals surface area contributed by atoms with Gasteiger partial charge in [0.05, 0.1) is 11.4 Å². The molecule has 0 fully saturated rings. The molecule has 2 heterocycles. The standard InChI is InChI=1S/C13H15N3O3S/c1-8-7-9(2)16(15-8)5-3-11(17)14-10-4-6-20-12(10)13(18)19/h4,6-7H,3,5H2,1-2H3,(H,14,17)(H,18,19). The molecule has 0 aliphatic rings. The maximum Gasteiger partial charge on any atom is 0.348 e. The molecule has 106 valence electrons. The molecule has 0 atom stereocenters. The van der Waals surface area contributed by atoms with Crippen LogP contribution in [0.2, 0.25) is 0 Å². The summed E-state index contributed by atoms with van der Waals surface area (Å²) < 4.78 is 1.76. The largest absolute Gasteiger partial charge is 0.477 e. The second kappa shape index (κ2) is 5.87. The molecule has 0 unspecified atom stereocenters. The third kappa shape index (κ3) is 3.24. The van der Waals surface area contributed by atoms with Gasteiger partial charge in [-0.2, -0.15) is 5.10 Å². The zero-order chi connectivity index (χ0) is 14.7. The van der Waals surface area contributed by atoms with Crippen molar-refractivity contribution in [2.24, 2.45) is 0 Å². The predicted molar refractivity (Wildman–Crippen MR) is 76.2 cm³/mol.